The fraction of sp³-hybridized carbons (Fsp3) is 0.177. The minimum absolute atomic E-state index is 0.156. The summed E-state index contributed by atoms with van der Waals surface area (Å²) in [6.07, 6.45) is 17.4. The lowest BCUT2D eigenvalue weighted by Crippen LogP contribution is -2.41. The van der Waals surface area contributed by atoms with Gasteiger partial charge in [0.15, 0.2) is 0 Å². The van der Waals surface area contributed by atoms with Gasteiger partial charge in [-0.1, -0.05) is 134 Å². The maximum Gasteiger partial charge on any atom is 0.123 e. The van der Waals surface area contributed by atoms with Crippen molar-refractivity contribution in [2.24, 2.45) is 5.92 Å². The number of nitrogens with one attached hydrogen (secondary N) is 1. The second-order valence-electron chi connectivity index (χ2n) is 19.3. The molecule has 2 aromatic heterocycles. The Hall–Kier alpha value is -7.70. The van der Waals surface area contributed by atoms with E-state index >= 15 is 4.39 Å². The highest BCUT2D eigenvalue weighted by molar-refractivity contribution is 6.14. The molecule has 4 aliphatic carbocycles. The molecule has 332 valence electrons. The zero-order valence-corrected chi connectivity index (χ0v) is 38.4. The summed E-state index contributed by atoms with van der Waals surface area (Å²) < 4.78 is 19.8. The van der Waals surface area contributed by atoms with Gasteiger partial charge in [-0.15, -0.1) is 0 Å². The van der Waals surface area contributed by atoms with Crippen LogP contribution in [0.3, 0.4) is 0 Å². The van der Waals surface area contributed by atoms with E-state index in [0.29, 0.717) is 18.8 Å². The van der Waals surface area contributed by atoms with Gasteiger partial charge in [0.1, 0.15) is 6.17 Å². The second kappa shape index (κ2) is 16.0. The van der Waals surface area contributed by atoms with Crippen LogP contribution in [-0.4, -0.2) is 40.8 Å². The molecule has 68 heavy (non-hydrogen) atoms. The van der Waals surface area contributed by atoms with Crippen molar-refractivity contribution in [3.63, 3.8) is 0 Å². The van der Waals surface area contributed by atoms with Crippen LogP contribution in [-0.2, 0) is 19.3 Å². The van der Waals surface area contributed by atoms with E-state index in [1.54, 1.807) is 6.08 Å². The standard InChI is InChI=1S/C62H52FN5/c1-39-34-43(27-29-53(39)68-59-33-28-44(63)37-52(59)61-46-17-7-6-14-40(46)24-32-60(61)68)62(64)49-20-10-11-21-54(49)65(2)38-66-55-22-12-8-18-47(55)50-35-41(25-30-56(50)66)42-26-31-58-51(36-42)48-19-9-13-23-57(48)67(58)45-15-4-3-5-16-45/h3-23,25-31,33,35-36,39,44,50,56,64H,24,32,34,37-38H2,1-2H3. The first-order valence-electron chi connectivity index (χ1n) is 24.2. The van der Waals surface area contributed by atoms with Crippen LogP contribution in [0.5, 0.6) is 0 Å². The average molecular weight is 886 g/mol. The predicted molar refractivity (Wildman–Crippen MR) is 281 cm³/mol. The van der Waals surface area contributed by atoms with Crippen LogP contribution >= 0.6 is 0 Å². The molecule has 5 nitrogen and oxygen atoms in total. The zero-order chi connectivity index (χ0) is 45.6. The van der Waals surface area contributed by atoms with Crippen LogP contribution in [0.15, 0.2) is 188 Å². The molecule has 8 aromatic rings. The van der Waals surface area contributed by atoms with E-state index in [-0.39, 0.29) is 17.9 Å². The lowest BCUT2D eigenvalue weighted by atomic mass is 9.85. The molecule has 4 unspecified atom stereocenters. The van der Waals surface area contributed by atoms with Crippen molar-refractivity contribution in [2.45, 2.75) is 50.7 Å². The van der Waals surface area contributed by atoms with Gasteiger partial charge in [0.2, 0.25) is 0 Å². The van der Waals surface area contributed by atoms with Crippen LogP contribution in [0.1, 0.15) is 58.5 Å². The number of allylic oxidation sites excluding steroid dienone is 7. The Balaban J connectivity index is 0.789. The Labute approximate surface area is 397 Å². The minimum atomic E-state index is -0.974. The van der Waals surface area contributed by atoms with Gasteiger partial charge in [0.25, 0.3) is 0 Å². The number of aryl methyl sites for hydroxylation is 1. The summed E-state index contributed by atoms with van der Waals surface area (Å²) in [7, 11) is 2.17. The van der Waals surface area contributed by atoms with Gasteiger partial charge < -0.3 is 18.9 Å². The molecule has 0 saturated heterocycles. The van der Waals surface area contributed by atoms with Gasteiger partial charge in [0, 0.05) is 81.4 Å². The van der Waals surface area contributed by atoms with Gasteiger partial charge >= 0.3 is 0 Å². The monoisotopic (exact) mass is 885 g/mol. The zero-order valence-electron chi connectivity index (χ0n) is 38.4. The molecule has 3 heterocycles. The largest absolute Gasteiger partial charge is 0.356 e. The smallest absolute Gasteiger partial charge is 0.123 e. The Morgan fingerprint density at radius 2 is 1.51 bits per heavy atom. The normalized spacial score (nSPS) is 20.0. The maximum atomic E-state index is 15.0. The summed E-state index contributed by atoms with van der Waals surface area (Å²) in [4.78, 5) is 4.86. The molecular formula is C62H52FN5. The number of nitrogens with zero attached hydrogens (tertiary/aromatic N) is 4. The number of benzene rings is 6. The van der Waals surface area contributed by atoms with Crippen molar-refractivity contribution in [1.82, 2.24) is 9.13 Å². The van der Waals surface area contributed by atoms with E-state index in [1.165, 1.54) is 78.0 Å². The molecule has 1 N–H and O–H groups in total. The number of rotatable bonds is 8. The van der Waals surface area contributed by atoms with Gasteiger partial charge in [-0.25, -0.2) is 4.39 Å². The topological polar surface area (TPSA) is 40.2 Å². The number of anilines is 2. The molecule has 0 amide bonds. The van der Waals surface area contributed by atoms with Crippen LogP contribution < -0.4 is 9.80 Å². The highest BCUT2D eigenvalue weighted by Gasteiger charge is 2.38. The van der Waals surface area contributed by atoms with E-state index in [2.05, 4.69) is 209 Å². The number of fused-ring (bicyclic) bond motifs is 11. The third-order valence-corrected chi connectivity index (χ3v) is 15.4. The summed E-state index contributed by atoms with van der Waals surface area (Å²) >= 11 is 0. The molecule has 0 spiro atoms. The third kappa shape index (κ3) is 6.37. The van der Waals surface area contributed by atoms with Gasteiger partial charge in [-0.2, -0.15) is 0 Å². The predicted octanol–water partition coefficient (Wildman–Crippen LogP) is 14.2. The van der Waals surface area contributed by atoms with Crippen molar-refractivity contribution in [1.29, 1.82) is 5.41 Å². The van der Waals surface area contributed by atoms with Gasteiger partial charge in [-0.05, 0) is 119 Å². The molecule has 13 rings (SSSR count). The van der Waals surface area contributed by atoms with Crippen LogP contribution in [0.2, 0.25) is 0 Å². The molecule has 6 aromatic carbocycles. The molecule has 0 radical (unpaired) electrons. The summed E-state index contributed by atoms with van der Waals surface area (Å²) in [6.45, 7) is 2.95. The molecule has 5 aliphatic rings. The van der Waals surface area contributed by atoms with Crippen LogP contribution in [0, 0.1) is 11.3 Å². The van der Waals surface area contributed by atoms with E-state index in [1.807, 2.05) is 6.08 Å². The molecule has 0 fully saturated rings. The number of hydrogen-bond donors (Lipinski definition) is 1. The summed E-state index contributed by atoms with van der Waals surface area (Å²) in [5.41, 5.74) is 20.8. The Morgan fingerprint density at radius 3 is 2.41 bits per heavy atom. The Morgan fingerprint density at radius 1 is 0.735 bits per heavy atom. The number of aromatic nitrogens is 2. The second-order valence-corrected chi connectivity index (χ2v) is 19.3. The fourth-order valence-corrected chi connectivity index (χ4v) is 12.3. The van der Waals surface area contributed by atoms with Crippen LogP contribution in [0.4, 0.5) is 15.8 Å². The molecule has 4 atom stereocenters. The first kappa shape index (κ1) is 40.6. The number of para-hydroxylation sites is 4. The van der Waals surface area contributed by atoms with Crippen molar-refractivity contribution < 1.29 is 4.39 Å². The highest BCUT2D eigenvalue weighted by atomic mass is 19.1. The lowest BCUT2D eigenvalue weighted by molar-refractivity contribution is 0.397. The number of halogens is 1. The molecular weight excluding hydrogens is 834 g/mol. The number of hydrogen-bond acceptors (Lipinski definition) is 3. The number of alkyl halides is 1. The first-order chi connectivity index (χ1) is 33.4. The molecule has 0 bridgehead atoms. The molecule has 6 heteroatoms. The van der Waals surface area contributed by atoms with E-state index < -0.39 is 6.17 Å². The van der Waals surface area contributed by atoms with E-state index in [0.717, 1.165) is 47.3 Å². The molecule has 1 aliphatic heterocycles. The quantitative estimate of drug-likeness (QED) is 0.154. The third-order valence-electron chi connectivity index (χ3n) is 15.4. The van der Waals surface area contributed by atoms with Crippen molar-refractivity contribution >= 4 is 56.2 Å². The maximum absolute atomic E-state index is 15.0. The SMILES string of the molecule is CC1CC(C(=N)c2ccccc2N(C)CN2c3ccccc3C3C=C(c4ccc5c(c4)c4ccccc4n5-c4ccccc4)C=CC32)=CC=C1n1c2c(c3c1CCc1ccccc1-3)CC(F)C=C2. The van der Waals surface area contributed by atoms with E-state index in [4.69, 9.17) is 0 Å². The first-order valence-corrected chi connectivity index (χ1v) is 24.2. The summed E-state index contributed by atoms with van der Waals surface area (Å²) in [5.74, 6) is 0.365. The van der Waals surface area contributed by atoms with Gasteiger partial charge in [-0.3, -0.25) is 5.41 Å². The van der Waals surface area contributed by atoms with Crippen LogP contribution in [0.25, 0.3) is 56.0 Å². The Bertz CT molecular complexity index is 3540. The lowest BCUT2D eigenvalue weighted by Gasteiger charge is -2.35. The minimum Gasteiger partial charge on any atom is -0.356 e. The average Bonchev–Trinajstić information content (AvgIpc) is 4.01. The highest BCUT2D eigenvalue weighted by Crippen LogP contribution is 2.48. The van der Waals surface area contributed by atoms with Gasteiger partial charge in [0.05, 0.1) is 29.5 Å². The van der Waals surface area contributed by atoms with Crippen molar-refractivity contribution in [3.05, 3.63) is 227 Å². The summed E-state index contributed by atoms with van der Waals surface area (Å²) in [6, 6.07) is 52.5. The van der Waals surface area contributed by atoms with Crippen molar-refractivity contribution in [3.8, 4) is 16.8 Å². The fourth-order valence-electron chi connectivity index (χ4n) is 12.3. The summed E-state index contributed by atoms with van der Waals surface area (Å²) in [5, 5.41) is 12.3. The molecule has 0 saturated carbocycles. The van der Waals surface area contributed by atoms with E-state index in [9.17, 15) is 5.41 Å². The Kier molecular flexibility index (Phi) is 9.53. The van der Waals surface area contributed by atoms with Crippen molar-refractivity contribution in [2.75, 3.05) is 23.5 Å².